The van der Waals surface area contributed by atoms with E-state index in [1.54, 1.807) is 18.7 Å². The number of halogens is 6. The first-order chi connectivity index (χ1) is 20.0. The quantitative estimate of drug-likeness (QED) is 0.228. The maximum Gasteiger partial charge on any atom is 0.417 e. The number of nitrogens with one attached hydrogen (secondary N) is 1. The van der Waals surface area contributed by atoms with Crippen molar-refractivity contribution in [3.05, 3.63) is 82.9 Å². The normalized spacial score (nSPS) is 15.8. The Morgan fingerprint density at radius 1 is 0.860 bits per heavy atom. The standard InChI is InChI=1S/C28H18F6N6OS2/c1-26(2)23(38-24(42)37-17-5-3-15(13-35)21(11-17)27(29,30)31)39(25(43)40(26)18-7-9-20(41)10-8-18)19-6-4-16(14-36)22(12-19)28(32,33)34/h3-12,41H,1-2H3,(H,37,42)/b38-23+. The molecule has 0 aliphatic carbocycles. The molecule has 43 heavy (non-hydrogen) atoms. The van der Waals surface area contributed by atoms with E-state index in [0.29, 0.717) is 11.8 Å². The molecule has 0 spiro atoms. The lowest BCUT2D eigenvalue weighted by Gasteiger charge is -2.31. The highest BCUT2D eigenvalue weighted by Gasteiger charge is 2.49. The monoisotopic (exact) mass is 632 g/mol. The van der Waals surface area contributed by atoms with Crippen LogP contribution in [0.2, 0.25) is 0 Å². The lowest BCUT2D eigenvalue weighted by atomic mass is 10.0. The number of anilines is 3. The molecule has 3 aromatic carbocycles. The van der Waals surface area contributed by atoms with Crippen molar-refractivity contribution >= 4 is 57.6 Å². The number of hydrogen-bond donors (Lipinski definition) is 2. The average Bonchev–Trinajstić information content (AvgIpc) is 3.11. The van der Waals surface area contributed by atoms with Crippen LogP contribution >= 0.6 is 24.4 Å². The van der Waals surface area contributed by atoms with E-state index < -0.39 is 40.1 Å². The summed E-state index contributed by atoms with van der Waals surface area (Å²) in [5, 5.41) is 30.2. The van der Waals surface area contributed by atoms with Gasteiger partial charge in [0, 0.05) is 11.4 Å². The van der Waals surface area contributed by atoms with Crippen LogP contribution in [0.15, 0.2) is 65.7 Å². The molecule has 0 aromatic heterocycles. The van der Waals surface area contributed by atoms with E-state index in [-0.39, 0.29) is 33.2 Å². The minimum atomic E-state index is -4.88. The lowest BCUT2D eigenvalue weighted by molar-refractivity contribution is -0.138. The first-order valence-corrected chi connectivity index (χ1v) is 12.9. The van der Waals surface area contributed by atoms with Crippen molar-refractivity contribution in [2.24, 2.45) is 4.99 Å². The van der Waals surface area contributed by atoms with Crippen LogP contribution in [-0.2, 0) is 12.4 Å². The van der Waals surface area contributed by atoms with Crippen molar-refractivity contribution in [1.82, 2.24) is 0 Å². The summed E-state index contributed by atoms with van der Waals surface area (Å²) in [7, 11) is 0. The maximum atomic E-state index is 13.9. The molecule has 0 amide bonds. The van der Waals surface area contributed by atoms with Crippen LogP contribution in [-0.4, -0.2) is 26.7 Å². The van der Waals surface area contributed by atoms with E-state index >= 15 is 0 Å². The Bertz CT molecular complexity index is 1740. The molecule has 7 nitrogen and oxygen atoms in total. The van der Waals surface area contributed by atoms with E-state index in [1.807, 2.05) is 0 Å². The van der Waals surface area contributed by atoms with Gasteiger partial charge in [-0.25, -0.2) is 4.99 Å². The van der Waals surface area contributed by atoms with E-state index in [1.165, 1.54) is 53.4 Å². The molecule has 1 fully saturated rings. The van der Waals surface area contributed by atoms with Gasteiger partial charge in [-0.3, -0.25) is 4.90 Å². The van der Waals surface area contributed by atoms with Gasteiger partial charge < -0.3 is 15.3 Å². The zero-order valence-electron chi connectivity index (χ0n) is 22.0. The van der Waals surface area contributed by atoms with Crippen LogP contribution in [0.3, 0.4) is 0 Å². The number of alkyl halides is 6. The number of aromatic hydroxyl groups is 1. The SMILES string of the molecule is CC1(C)/C(=N\C(=S)Nc2ccc(C#N)c(C(F)(F)F)c2)N(c2ccc(C#N)c(C(F)(F)F)c2)C(=S)N1c1ccc(O)cc1. The summed E-state index contributed by atoms with van der Waals surface area (Å²) in [4.78, 5) is 7.15. The second kappa shape index (κ2) is 11.2. The summed E-state index contributed by atoms with van der Waals surface area (Å²) in [6, 6.07) is 14.6. The Kier molecular flexibility index (Phi) is 8.10. The Labute approximate surface area is 251 Å². The highest BCUT2D eigenvalue weighted by atomic mass is 32.1. The third-order valence-corrected chi connectivity index (χ3v) is 6.96. The number of nitrogens with zero attached hydrogens (tertiary/aromatic N) is 5. The third-order valence-electron chi connectivity index (χ3n) is 6.40. The van der Waals surface area contributed by atoms with Crippen molar-refractivity contribution in [2.45, 2.75) is 31.7 Å². The van der Waals surface area contributed by atoms with Crippen LogP contribution in [0.25, 0.3) is 0 Å². The van der Waals surface area contributed by atoms with Gasteiger partial charge in [-0.05, 0) is 98.9 Å². The van der Waals surface area contributed by atoms with Crippen molar-refractivity contribution < 1.29 is 31.4 Å². The second-order valence-corrected chi connectivity index (χ2v) is 10.4. The van der Waals surface area contributed by atoms with Gasteiger partial charge in [-0.15, -0.1) is 0 Å². The smallest absolute Gasteiger partial charge is 0.417 e. The van der Waals surface area contributed by atoms with Crippen LogP contribution in [0.4, 0.5) is 43.4 Å². The summed E-state index contributed by atoms with van der Waals surface area (Å²) in [6.07, 6.45) is -9.71. The van der Waals surface area contributed by atoms with Crippen molar-refractivity contribution in [2.75, 3.05) is 15.1 Å². The summed E-state index contributed by atoms with van der Waals surface area (Å²) in [6.45, 7) is 3.29. The molecule has 1 aliphatic rings. The Balaban J connectivity index is 1.85. The van der Waals surface area contributed by atoms with Crippen molar-refractivity contribution in [3.8, 4) is 17.9 Å². The minimum absolute atomic E-state index is 0.00518. The molecular formula is C28H18F6N6OS2. The highest BCUT2D eigenvalue weighted by molar-refractivity contribution is 7.81. The molecule has 3 aromatic rings. The second-order valence-electron chi connectivity index (χ2n) is 9.60. The molecule has 0 radical (unpaired) electrons. The predicted molar refractivity (Wildman–Crippen MR) is 156 cm³/mol. The molecule has 2 N–H and O–H groups in total. The molecule has 4 rings (SSSR count). The van der Waals surface area contributed by atoms with E-state index in [2.05, 4.69) is 10.3 Å². The van der Waals surface area contributed by atoms with Crippen LogP contribution in [0, 0.1) is 22.7 Å². The van der Waals surface area contributed by atoms with Crippen molar-refractivity contribution in [3.63, 3.8) is 0 Å². The number of thiocarbonyl (C=S) groups is 2. The van der Waals surface area contributed by atoms with E-state index in [0.717, 1.165) is 18.2 Å². The number of phenols is 1. The van der Waals surface area contributed by atoms with Crippen LogP contribution < -0.4 is 15.1 Å². The third kappa shape index (κ3) is 6.09. The fourth-order valence-electron chi connectivity index (χ4n) is 4.46. The minimum Gasteiger partial charge on any atom is -0.508 e. The molecule has 1 aliphatic heterocycles. The number of aliphatic imine (C=N–C) groups is 1. The fourth-order valence-corrected chi connectivity index (χ4v) is 5.19. The van der Waals surface area contributed by atoms with Gasteiger partial charge in [0.25, 0.3) is 0 Å². The van der Waals surface area contributed by atoms with Gasteiger partial charge in [-0.2, -0.15) is 36.9 Å². The van der Waals surface area contributed by atoms with Crippen LogP contribution in [0.5, 0.6) is 5.75 Å². The number of phenolic OH excluding ortho intramolecular Hbond substituents is 1. The molecule has 1 saturated heterocycles. The summed E-state index contributed by atoms with van der Waals surface area (Å²) < 4.78 is 82.0. The molecule has 0 bridgehead atoms. The number of hydrogen-bond acceptors (Lipinski definition) is 5. The van der Waals surface area contributed by atoms with Gasteiger partial charge >= 0.3 is 12.4 Å². The Morgan fingerprint density at radius 2 is 1.37 bits per heavy atom. The van der Waals surface area contributed by atoms with Gasteiger partial charge in [0.15, 0.2) is 10.2 Å². The number of nitriles is 2. The first kappa shape index (κ1) is 31.2. The molecule has 0 unspecified atom stereocenters. The number of amidine groups is 1. The highest BCUT2D eigenvalue weighted by Crippen LogP contribution is 2.41. The maximum absolute atomic E-state index is 13.9. The largest absolute Gasteiger partial charge is 0.508 e. The Hall–Kier alpha value is -4.73. The summed E-state index contributed by atoms with van der Waals surface area (Å²) >= 11 is 11.0. The summed E-state index contributed by atoms with van der Waals surface area (Å²) in [5.41, 5.74) is -4.66. The Morgan fingerprint density at radius 3 is 1.91 bits per heavy atom. The predicted octanol–water partition coefficient (Wildman–Crippen LogP) is 7.36. The van der Waals surface area contributed by atoms with Crippen LogP contribution in [0.1, 0.15) is 36.1 Å². The molecule has 0 atom stereocenters. The first-order valence-electron chi connectivity index (χ1n) is 12.0. The zero-order chi connectivity index (χ0) is 31.9. The number of rotatable bonds is 3. The molecular weight excluding hydrogens is 614 g/mol. The van der Waals surface area contributed by atoms with E-state index in [4.69, 9.17) is 29.7 Å². The van der Waals surface area contributed by atoms with Gasteiger partial charge in [0.2, 0.25) is 0 Å². The fraction of sp³-hybridized carbons (Fsp3) is 0.179. The van der Waals surface area contributed by atoms with E-state index in [9.17, 15) is 36.7 Å². The van der Waals surface area contributed by atoms with Gasteiger partial charge in [0.05, 0.1) is 40.1 Å². The molecule has 220 valence electrons. The molecule has 1 heterocycles. The van der Waals surface area contributed by atoms with Crippen molar-refractivity contribution in [1.29, 1.82) is 10.5 Å². The topological polar surface area (TPSA) is 98.7 Å². The average molecular weight is 633 g/mol. The zero-order valence-corrected chi connectivity index (χ0v) is 23.7. The molecule has 15 heteroatoms. The molecule has 0 saturated carbocycles. The van der Waals surface area contributed by atoms with Gasteiger partial charge in [-0.1, -0.05) is 0 Å². The number of benzene rings is 3. The summed E-state index contributed by atoms with van der Waals surface area (Å²) in [5.74, 6) is -0.0454. The van der Waals surface area contributed by atoms with Gasteiger partial charge in [0.1, 0.15) is 17.1 Å². The lowest BCUT2D eigenvalue weighted by Crippen LogP contribution is -2.45.